The molecule has 0 bridgehead atoms. The molecule has 2 N–H and O–H groups in total. The van der Waals surface area contributed by atoms with Crippen molar-refractivity contribution < 1.29 is 4.79 Å². The highest BCUT2D eigenvalue weighted by molar-refractivity contribution is 7.99. The molecule has 0 aliphatic carbocycles. The first-order valence-electron chi connectivity index (χ1n) is 8.74. The van der Waals surface area contributed by atoms with E-state index in [9.17, 15) is 4.79 Å². The fourth-order valence-electron chi connectivity index (χ4n) is 3.16. The molecule has 1 aliphatic rings. The number of aryl methyl sites for hydroxylation is 1. The number of hydrogen-bond acceptors (Lipinski definition) is 5. The van der Waals surface area contributed by atoms with E-state index < -0.39 is 0 Å². The Hall–Kier alpha value is -1.57. The summed E-state index contributed by atoms with van der Waals surface area (Å²) in [5, 5.41) is 15.2. The zero-order valence-corrected chi connectivity index (χ0v) is 16.8. The van der Waals surface area contributed by atoms with E-state index in [4.69, 9.17) is 0 Å². The molecule has 1 aromatic carbocycles. The van der Waals surface area contributed by atoms with E-state index in [-0.39, 0.29) is 18.3 Å². The lowest BCUT2D eigenvalue weighted by molar-refractivity contribution is -0.117. The van der Waals surface area contributed by atoms with Crippen molar-refractivity contribution in [2.24, 2.45) is 18.9 Å². The van der Waals surface area contributed by atoms with E-state index >= 15 is 0 Å². The summed E-state index contributed by atoms with van der Waals surface area (Å²) in [6.07, 6.45) is 4.60. The molecule has 3 rings (SSSR count). The Morgan fingerprint density at radius 1 is 1.35 bits per heavy atom. The maximum absolute atomic E-state index is 12.3. The van der Waals surface area contributed by atoms with Gasteiger partial charge in [0.2, 0.25) is 5.91 Å². The summed E-state index contributed by atoms with van der Waals surface area (Å²) in [5.41, 5.74) is 0.838. The van der Waals surface area contributed by atoms with E-state index in [0.717, 1.165) is 28.8 Å². The Labute approximate surface area is 164 Å². The number of rotatable bonds is 6. The van der Waals surface area contributed by atoms with Crippen molar-refractivity contribution in [1.29, 1.82) is 0 Å². The van der Waals surface area contributed by atoms with Crippen molar-refractivity contribution in [3.05, 3.63) is 30.6 Å². The number of hydrogen-bond donors (Lipinski definition) is 2. The van der Waals surface area contributed by atoms with Gasteiger partial charge in [-0.15, -0.1) is 22.6 Å². The van der Waals surface area contributed by atoms with Crippen molar-refractivity contribution in [3.8, 4) is 0 Å². The van der Waals surface area contributed by atoms with Crippen molar-refractivity contribution in [3.63, 3.8) is 0 Å². The van der Waals surface area contributed by atoms with Gasteiger partial charge in [0.15, 0.2) is 5.16 Å². The number of aromatic nitrogens is 3. The molecular formula is C18H26ClN5OS. The minimum Gasteiger partial charge on any atom is -0.326 e. The molecular weight excluding hydrogens is 370 g/mol. The lowest BCUT2D eigenvalue weighted by Crippen LogP contribution is -2.32. The van der Waals surface area contributed by atoms with Crippen LogP contribution in [0.1, 0.15) is 26.2 Å². The Bertz CT molecular complexity index is 700. The SMILES string of the molecule is CC(CC(=O)Nc1ccc(Sc2nncn2C)cc1)C1CCNCC1.Cl. The quantitative estimate of drug-likeness (QED) is 0.784. The molecule has 1 atom stereocenters. The number of benzene rings is 1. The maximum atomic E-state index is 12.3. The third kappa shape index (κ3) is 5.72. The van der Waals surface area contributed by atoms with E-state index in [1.54, 1.807) is 18.1 Å². The van der Waals surface area contributed by atoms with Gasteiger partial charge < -0.3 is 15.2 Å². The second kappa shape index (κ2) is 9.94. The van der Waals surface area contributed by atoms with Gasteiger partial charge in [-0.3, -0.25) is 4.79 Å². The number of halogens is 1. The number of anilines is 1. The van der Waals surface area contributed by atoms with Crippen LogP contribution in [0.2, 0.25) is 0 Å². The number of piperidine rings is 1. The zero-order valence-electron chi connectivity index (χ0n) is 15.1. The van der Waals surface area contributed by atoms with Crippen LogP contribution in [0.4, 0.5) is 5.69 Å². The molecule has 2 heterocycles. The molecule has 1 saturated heterocycles. The van der Waals surface area contributed by atoms with E-state index in [1.807, 2.05) is 35.9 Å². The fourth-order valence-corrected chi connectivity index (χ4v) is 3.92. The topological polar surface area (TPSA) is 71.8 Å². The van der Waals surface area contributed by atoms with E-state index in [0.29, 0.717) is 18.3 Å². The van der Waals surface area contributed by atoms with Crippen molar-refractivity contribution in [2.75, 3.05) is 18.4 Å². The van der Waals surface area contributed by atoms with Crippen LogP contribution in [0.15, 0.2) is 40.6 Å². The Morgan fingerprint density at radius 3 is 2.65 bits per heavy atom. The van der Waals surface area contributed by atoms with Gasteiger partial charge in [-0.25, -0.2) is 0 Å². The molecule has 1 amide bonds. The molecule has 1 aromatic heterocycles. The second-order valence-electron chi connectivity index (χ2n) is 6.67. The standard InChI is InChI=1S/C18H25N5OS.ClH/c1-13(14-7-9-19-10-8-14)11-17(24)21-15-3-5-16(6-4-15)25-18-22-20-12-23(18)2;/h3-6,12-14,19H,7-11H2,1-2H3,(H,21,24);1H. The van der Waals surface area contributed by atoms with Crippen LogP contribution in [0.5, 0.6) is 0 Å². The zero-order chi connectivity index (χ0) is 17.6. The highest BCUT2D eigenvalue weighted by Crippen LogP contribution is 2.27. The third-order valence-corrected chi connectivity index (χ3v) is 5.77. The Balaban J connectivity index is 0.00000243. The summed E-state index contributed by atoms with van der Waals surface area (Å²) in [5.74, 6) is 1.17. The second-order valence-corrected chi connectivity index (χ2v) is 7.71. The molecule has 0 saturated carbocycles. The van der Waals surface area contributed by atoms with Gasteiger partial charge in [0.1, 0.15) is 6.33 Å². The van der Waals surface area contributed by atoms with Crippen molar-refractivity contribution in [2.45, 2.75) is 36.2 Å². The summed E-state index contributed by atoms with van der Waals surface area (Å²) in [6.45, 7) is 4.33. The number of nitrogens with zero attached hydrogens (tertiary/aromatic N) is 3. The minimum atomic E-state index is 0. The first kappa shape index (κ1) is 20.7. The molecule has 6 nitrogen and oxygen atoms in total. The van der Waals surface area contributed by atoms with Crippen molar-refractivity contribution in [1.82, 2.24) is 20.1 Å². The van der Waals surface area contributed by atoms with Crippen LogP contribution in [-0.2, 0) is 11.8 Å². The van der Waals surface area contributed by atoms with Crippen LogP contribution in [0.3, 0.4) is 0 Å². The van der Waals surface area contributed by atoms with E-state index in [2.05, 4.69) is 27.8 Å². The van der Waals surface area contributed by atoms with Gasteiger partial charge in [-0.2, -0.15) is 0 Å². The first-order chi connectivity index (χ1) is 12.1. The Morgan fingerprint density at radius 2 is 2.04 bits per heavy atom. The third-order valence-electron chi connectivity index (χ3n) is 4.71. The van der Waals surface area contributed by atoms with Gasteiger partial charge in [0, 0.05) is 24.1 Å². The van der Waals surface area contributed by atoms with Crippen LogP contribution in [0.25, 0.3) is 0 Å². The molecule has 1 fully saturated rings. The average molecular weight is 396 g/mol. The number of carbonyl (C=O) groups is 1. The summed E-state index contributed by atoms with van der Waals surface area (Å²) in [6, 6.07) is 7.86. The van der Waals surface area contributed by atoms with Crippen LogP contribution in [0, 0.1) is 11.8 Å². The largest absolute Gasteiger partial charge is 0.326 e. The highest BCUT2D eigenvalue weighted by Gasteiger charge is 2.22. The Kier molecular flexibility index (Phi) is 7.93. The summed E-state index contributed by atoms with van der Waals surface area (Å²) in [4.78, 5) is 13.4. The van der Waals surface area contributed by atoms with Gasteiger partial charge in [-0.05, 0) is 73.8 Å². The molecule has 1 unspecified atom stereocenters. The van der Waals surface area contributed by atoms with E-state index in [1.165, 1.54) is 12.8 Å². The number of nitrogens with one attached hydrogen (secondary N) is 2. The average Bonchev–Trinajstić information content (AvgIpc) is 3.02. The molecule has 2 aromatic rings. The van der Waals surface area contributed by atoms with Crippen LogP contribution in [-0.4, -0.2) is 33.8 Å². The first-order valence-corrected chi connectivity index (χ1v) is 9.56. The molecule has 142 valence electrons. The lowest BCUT2D eigenvalue weighted by Gasteiger charge is -2.27. The summed E-state index contributed by atoms with van der Waals surface area (Å²) in [7, 11) is 1.92. The van der Waals surface area contributed by atoms with Gasteiger partial charge in [0.05, 0.1) is 0 Å². The number of carbonyl (C=O) groups excluding carboxylic acids is 1. The van der Waals surface area contributed by atoms with Crippen LogP contribution >= 0.6 is 24.2 Å². The number of amides is 1. The molecule has 26 heavy (non-hydrogen) atoms. The molecule has 1 aliphatic heterocycles. The maximum Gasteiger partial charge on any atom is 0.224 e. The summed E-state index contributed by atoms with van der Waals surface area (Å²) < 4.78 is 1.88. The van der Waals surface area contributed by atoms with Gasteiger partial charge in [-0.1, -0.05) is 6.92 Å². The van der Waals surface area contributed by atoms with Crippen LogP contribution < -0.4 is 10.6 Å². The molecule has 0 spiro atoms. The lowest BCUT2D eigenvalue weighted by atomic mass is 9.84. The van der Waals surface area contributed by atoms with Gasteiger partial charge in [0.25, 0.3) is 0 Å². The normalized spacial score (nSPS) is 15.9. The smallest absolute Gasteiger partial charge is 0.224 e. The predicted octanol–water partition coefficient (Wildman–Crippen LogP) is 3.35. The molecule has 0 radical (unpaired) electrons. The summed E-state index contributed by atoms with van der Waals surface area (Å²) >= 11 is 1.55. The van der Waals surface area contributed by atoms with Gasteiger partial charge >= 0.3 is 0 Å². The predicted molar refractivity (Wildman–Crippen MR) is 107 cm³/mol. The minimum absolute atomic E-state index is 0. The highest BCUT2D eigenvalue weighted by atomic mass is 35.5. The monoisotopic (exact) mass is 395 g/mol. The van der Waals surface area contributed by atoms with Crippen molar-refractivity contribution >= 4 is 35.8 Å². The molecule has 8 heteroatoms. The fraction of sp³-hybridized carbons (Fsp3) is 0.500.